The Balaban J connectivity index is 4.32. The van der Waals surface area contributed by atoms with Gasteiger partial charge in [0.1, 0.15) is 5.54 Å². The number of nitrogens with one attached hydrogen (secondary N) is 1. The predicted molar refractivity (Wildman–Crippen MR) is 68.1 cm³/mol. The molecule has 1 unspecified atom stereocenters. The van der Waals surface area contributed by atoms with Crippen LogP contribution in [0.15, 0.2) is 0 Å². The molecule has 0 aromatic rings. The van der Waals surface area contributed by atoms with E-state index >= 15 is 0 Å². The van der Waals surface area contributed by atoms with Gasteiger partial charge >= 0.3 is 5.97 Å². The second kappa shape index (κ2) is 8.44. The third-order valence-electron chi connectivity index (χ3n) is 2.39. The molecule has 102 valence electrons. The van der Waals surface area contributed by atoms with E-state index in [2.05, 4.69) is 10.2 Å². The van der Waals surface area contributed by atoms with Crippen molar-refractivity contribution in [3.63, 3.8) is 0 Å². The highest BCUT2D eigenvalue weighted by Gasteiger charge is 2.34. The van der Waals surface area contributed by atoms with Crippen LogP contribution in [0.3, 0.4) is 0 Å². The molecule has 0 saturated heterocycles. The van der Waals surface area contributed by atoms with Crippen molar-refractivity contribution in [2.24, 2.45) is 0 Å². The first-order valence-corrected chi connectivity index (χ1v) is 6.11. The van der Waals surface area contributed by atoms with E-state index < -0.39 is 5.54 Å². The van der Waals surface area contributed by atoms with Gasteiger partial charge < -0.3 is 14.4 Å². The van der Waals surface area contributed by atoms with Gasteiger partial charge in [0.15, 0.2) is 0 Å². The van der Waals surface area contributed by atoms with Gasteiger partial charge in [0, 0.05) is 19.7 Å². The summed E-state index contributed by atoms with van der Waals surface area (Å²) in [5, 5.41) is 3.21. The molecule has 0 aromatic heterocycles. The Kier molecular flexibility index (Phi) is 8.12. The van der Waals surface area contributed by atoms with Crippen molar-refractivity contribution in [3.8, 4) is 0 Å². The summed E-state index contributed by atoms with van der Waals surface area (Å²) in [5.41, 5.74) is -0.762. The van der Waals surface area contributed by atoms with Gasteiger partial charge in [-0.3, -0.25) is 5.32 Å². The van der Waals surface area contributed by atoms with Crippen LogP contribution >= 0.6 is 0 Å². The number of likely N-dealkylation sites (N-methyl/N-ethyl adjacent to an activating group) is 1. The molecular weight excluding hydrogens is 220 g/mol. The van der Waals surface area contributed by atoms with Gasteiger partial charge in [-0.15, -0.1) is 0 Å². The molecule has 0 radical (unpaired) electrons. The lowest BCUT2D eigenvalue weighted by Crippen LogP contribution is -2.55. The Hall–Kier alpha value is -0.650. The van der Waals surface area contributed by atoms with E-state index in [1.807, 2.05) is 27.9 Å². The van der Waals surface area contributed by atoms with Crippen molar-refractivity contribution in [1.82, 2.24) is 10.2 Å². The molecule has 0 amide bonds. The minimum atomic E-state index is -0.762. The van der Waals surface area contributed by atoms with Crippen molar-refractivity contribution >= 4 is 5.97 Å². The predicted octanol–water partition coefficient (Wildman–Crippen LogP) is 0.496. The summed E-state index contributed by atoms with van der Waals surface area (Å²) in [6.07, 6.45) is 0. The second-order valence-corrected chi connectivity index (χ2v) is 4.42. The van der Waals surface area contributed by atoms with E-state index in [0.717, 1.165) is 13.1 Å². The lowest BCUT2D eigenvalue weighted by molar-refractivity contribution is -0.153. The van der Waals surface area contributed by atoms with Crippen LogP contribution < -0.4 is 5.32 Å². The first-order chi connectivity index (χ1) is 7.96. The standard InChI is InChI=1S/C12H26N2O3/c1-6-16-10-12(3,11(15)17-7-2)13-8-9-14(4)5/h13H,6-10H2,1-5H3. The van der Waals surface area contributed by atoms with Crippen LogP contribution in [-0.4, -0.2) is 63.4 Å². The SMILES string of the molecule is CCOCC(C)(NCCN(C)C)C(=O)OCC. The summed E-state index contributed by atoms with van der Waals surface area (Å²) in [7, 11) is 3.98. The number of ether oxygens (including phenoxy) is 2. The minimum absolute atomic E-state index is 0.257. The zero-order valence-corrected chi connectivity index (χ0v) is 11.7. The zero-order valence-electron chi connectivity index (χ0n) is 11.7. The van der Waals surface area contributed by atoms with Gasteiger partial charge in [-0.1, -0.05) is 0 Å². The number of carbonyl (C=O) groups excluding carboxylic acids is 1. The van der Waals surface area contributed by atoms with Crippen molar-refractivity contribution in [3.05, 3.63) is 0 Å². The van der Waals surface area contributed by atoms with Gasteiger partial charge in [0.25, 0.3) is 0 Å². The maximum atomic E-state index is 11.9. The van der Waals surface area contributed by atoms with E-state index in [1.54, 1.807) is 6.92 Å². The lowest BCUT2D eigenvalue weighted by atomic mass is 10.0. The van der Waals surface area contributed by atoms with Crippen LogP contribution in [0.4, 0.5) is 0 Å². The van der Waals surface area contributed by atoms with Crippen LogP contribution in [-0.2, 0) is 14.3 Å². The van der Waals surface area contributed by atoms with Crippen molar-refractivity contribution in [1.29, 1.82) is 0 Å². The molecule has 5 heteroatoms. The molecule has 0 bridgehead atoms. The summed E-state index contributed by atoms with van der Waals surface area (Å²) < 4.78 is 10.4. The molecule has 0 saturated carbocycles. The van der Waals surface area contributed by atoms with Gasteiger partial charge in [-0.05, 0) is 34.9 Å². The first kappa shape index (κ1) is 16.4. The van der Waals surface area contributed by atoms with E-state index in [1.165, 1.54) is 0 Å². The Morgan fingerprint density at radius 1 is 1.29 bits per heavy atom. The van der Waals surface area contributed by atoms with E-state index in [9.17, 15) is 4.79 Å². The average Bonchev–Trinajstić information content (AvgIpc) is 2.26. The molecular formula is C12H26N2O3. The molecule has 0 aliphatic heterocycles. The molecule has 0 fully saturated rings. The van der Waals surface area contributed by atoms with Crippen LogP contribution in [0.1, 0.15) is 20.8 Å². The van der Waals surface area contributed by atoms with Gasteiger partial charge in [-0.2, -0.15) is 0 Å². The maximum absolute atomic E-state index is 11.9. The highest BCUT2D eigenvalue weighted by molar-refractivity contribution is 5.80. The van der Waals surface area contributed by atoms with Gasteiger partial charge in [-0.25, -0.2) is 4.79 Å². The third kappa shape index (κ3) is 6.61. The molecule has 5 nitrogen and oxygen atoms in total. The summed E-state index contributed by atoms with van der Waals surface area (Å²) in [5.74, 6) is -0.257. The molecule has 17 heavy (non-hydrogen) atoms. The Morgan fingerprint density at radius 3 is 2.41 bits per heavy atom. The lowest BCUT2D eigenvalue weighted by Gasteiger charge is -2.28. The van der Waals surface area contributed by atoms with Crippen molar-refractivity contribution in [2.75, 3.05) is 47.0 Å². The van der Waals surface area contributed by atoms with Crippen LogP contribution in [0.5, 0.6) is 0 Å². The molecule has 0 aromatic carbocycles. The summed E-state index contributed by atoms with van der Waals surface area (Å²) in [6.45, 7) is 8.41. The Bertz CT molecular complexity index is 222. The second-order valence-electron chi connectivity index (χ2n) is 4.42. The minimum Gasteiger partial charge on any atom is -0.465 e. The van der Waals surface area contributed by atoms with E-state index in [-0.39, 0.29) is 5.97 Å². The molecule has 0 rings (SSSR count). The van der Waals surface area contributed by atoms with Crippen LogP contribution in [0.25, 0.3) is 0 Å². The van der Waals surface area contributed by atoms with Crippen LogP contribution in [0, 0.1) is 0 Å². The molecule has 0 spiro atoms. The third-order valence-corrected chi connectivity index (χ3v) is 2.39. The van der Waals surface area contributed by atoms with E-state index in [0.29, 0.717) is 19.8 Å². The fraction of sp³-hybridized carbons (Fsp3) is 0.917. The number of rotatable bonds is 9. The maximum Gasteiger partial charge on any atom is 0.328 e. The monoisotopic (exact) mass is 246 g/mol. The Morgan fingerprint density at radius 2 is 1.94 bits per heavy atom. The van der Waals surface area contributed by atoms with E-state index in [4.69, 9.17) is 9.47 Å². The quantitative estimate of drug-likeness (QED) is 0.600. The average molecular weight is 246 g/mol. The molecule has 0 heterocycles. The van der Waals surface area contributed by atoms with Gasteiger partial charge in [0.2, 0.25) is 0 Å². The number of hydrogen-bond donors (Lipinski definition) is 1. The molecule has 1 N–H and O–H groups in total. The largest absolute Gasteiger partial charge is 0.465 e. The normalized spacial score (nSPS) is 14.7. The van der Waals surface area contributed by atoms with Crippen molar-refractivity contribution < 1.29 is 14.3 Å². The molecule has 0 aliphatic carbocycles. The summed E-state index contributed by atoms with van der Waals surface area (Å²) in [4.78, 5) is 13.9. The number of esters is 1. The smallest absolute Gasteiger partial charge is 0.328 e. The van der Waals surface area contributed by atoms with Crippen molar-refractivity contribution in [2.45, 2.75) is 26.3 Å². The van der Waals surface area contributed by atoms with Crippen LogP contribution in [0.2, 0.25) is 0 Å². The van der Waals surface area contributed by atoms with Gasteiger partial charge in [0.05, 0.1) is 13.2 Å². The highest BCUT2D eigenvalue weighted by atomic mass is 16.5. The Labute approximate surface area is 104 Å². The summed E-state index contributed by atoms with van der Waals surface area (Å²) >= 11 is 0. The topological polar surface area (TPSA) is 50.8 Å². The number of hydrogen-bond acceptors (Lipinski definition) is 5. The number of carbonyl (C=O) groups is 1. The fourth-order valence-electron chi connectivity index (χ4n) is 1.33. The highest BCUT2D eigenvalue weighted by Crippen LogP contribution is 2.07. The fourth-order valence-corrected chi connectivity index (χ4v) is 1.33. The first-order valence-electron chi connectivity index (χ1n) is 6.11. The summed E-state index contributed by atoms with van der Waals surface area (Å²) in [6, 6.07) is 0. The number of nitrogens with zero attached hydrogens (tertiary/aromatic N) is 1. The molecule has 0 aliphatic rings. The zero-order chi connectivity index (χ0) is 13.3. The molecule has 1 atom stereocenters.